The van der Waals surface area contributed by atoms with E-state index in [0.29, 0.717) is 0 Å². The molecule has 0 aromatic rings. The lowest BCUT2D eigenvalue weighted by Crippen LogP contribution is -2.18. The standard InChI is InChI=1S/C8H16N2/c9-5-7-1-2-8(6-10)4-3-7/h5,8H,1-4,6,9-10H2. The first-order chi connectivity index (χ1) is 4.86. The summed E-state index contributed by atoms with van der Waals surface area (Å²) in [5.41, 5.74) is 12.3. The minimum atomic E-state index is 0.753. The zero-order valence-corrected chi connectivity index (χ0v) is 6.34. The van der Waals surface area contributed by atoms with Gasteiger partial charge in [-0.3, -0.25) is 0 Å². The maximum Gasteiger partial charge on any atom is -0.00486 e. The highest BCUT2D eigenvalue weighted by Crippen LogP contribution is 2.26. The molecule has 0 aromatic heterocycles. The van der Waals surface area contributed by atoms with E-state index in [1.54, 1.807) is 6.20 Å². The summed E-state index contributed by atoms with van der Waals surface area (Å²) in [6, 6.07) is 0. The van der Waals surface area contributed by atoms with E-state index in [0.717, 1.165) is 12.5 Å². The lowest BCUT2D eigenvalue weighted by Gasteiger charge is -2.21. The number of hydrogen-bond acceptors (Lipinski definition) is 2. The molecule has 0 aromatic carbocycles. The summed E-state index contributed by atoms with van der Waals surface area (Å²) in [4.78, 5) is 0. The van der Waals surface area contributed by atoms with E-state index in [1.807, 2.05) is 0 Å². The smallest absolute Gasteiger partial charge is 0.00486 e. The van der Waals surface area contributed by atoms with Crippen LogP contribution in [0.5, 0.6) is 0 Å². The van der Waals surface area contributed by atoms with E-state index >= 15 is 0 Å². The van der Waals surface area contributed by atoms with Crippen molar-refractivity contribution in [3.8, 4) is 0 Å². The monoisotopic (exact) mass is 140 g/mol. The van der Waals surface area contributed by atoms with Gasteiger partial charge in [-0.25, -0.2) is 0 Å². The van der Waals surface area contributed by atoms with Crippen LogP contribution in [0.4, 0.5) is 0 Å². The molecule has 0 amide bonds. The van der Waals surface area contributed by atoms with E-state index in [2.05, 4.69) is 0 Å². The SMILES string of the molecule is NC=C1CCC(CN)CC1. The van der Waals surface area contributed by atoms with Crippen molar-refractivity contribution in [3.63, 3.8) is 0 Å². The maximum atomic E-state index is 5.54. The number of nitrogens with two attached hydrogens (primary N) is 2. The van der Waals surface area contributed by atoms with Crippen LogP contribution in [-0.2, 0) is 0 Å². The molecule has 2 nitrogen and oxygen atoms in total. The van der Waals surface area contributed by atoms with Gasteiger partial charge in [-0.1, -0.05) is 5.57 Å². The average Bonchev–Trinajstić information content (AvgIpc) is 2.05. The quantitative estimate of drug-likeness (QED) is 0.570. The second-order valence-corrected chi connectivity index (χ2v) is 3.00. The zero-order valence-electron chi connectivity index (χ0n) is 6.34. The Kier molecular flexibility index (Phi) is 2.75. The van der Waals surface area contributed by atoms with Crippen LogP contribution < -0.4 is 11.5 Å². The Labute approximate surface area is 62.3 Å². The van der Waals surface area contributed by atoms with Gasteiger partial charge in [-0.05, 0) is 44.3 Å². The molecule has 0 saturated heterocycles. The summed E-state index contributed by atoms with van der Waals surface area (Å²) in [6.45, 7) is 0.845. The summed E-state index contributed by atoms with van der Waals surface area (Å²) < 4.78 is 0. The summed E-state index contributed by atoms with van der Waals surface area (Å²) in [5.74, 6) is 0.753. The van der Waals surface area contributed by atoms with Crippen molar-refractivity contribution in [2.24, 2.45) is 17.4 Å². The van der Waals surface area contributed by atoms with Gasteiger partial charge in [0.15, 0.2) is 0 Å². The average molecular weight is 140 g/mol. The third kappa shape index (κ3) is 1.74. The Morgan fingerprint density at radius 1 is 1.40 bits per heavy atom. The lowest BCUT2D eigenvalue weighted by molar-refractivity contribution is 0.418. The second kappa shape index (κ2) is 3.62. The Morgan fingerprint density at radius 2 is 2.00 bits per heavy atom. The highest BCUT2D eigenvalue weighted by molar-refractivity contribution is 5.02. The van der Waals surface area contributed by atoms with Crippen LogP contribution >= 0.6 is 0 Å². The van der Waals surface area contributed by atoms with E-state index in [4.69, 9.17) is 11.5 Å². The normalized spacial score (nSPS) is 26.5. The van der Waals surface area contributed by atoms with Crippen molar-refractivity contribution < 1.29 is 0 Å². The van der Waals surface area contributed by atoms with Crippen molar-refractivity contribution >= 4 is 0 Å². The van der Waals surface area contributed by atoms with Crippen LogP contribution in [0.2, 0.25) is 0 Å². The predicted molar refractivity (Wildman–Crippen MR) is 43.3 cm³/mol. The van der Waals surface area contributed by atoms with Crippen LogP contribution in [0.15, 0.2) is 11.8 Å². The number of hydrogen-bond donors (Lipinski definition) is 2. The molecule has 1 saturated carbocycles. The fraction of sp³-hybridized carbons (Fsp3) is 0.750. The largest absolute Gasteiger partial charge is 0.405 e. The Morgan fingerprint density at radius 3 is 2.40 bits per heavy atom. The molecule has 0 heterocycles. The molecule has 0 atom stereocenters. The molecule has 0 spiro atoms. The topological polar surface area (TPSA) is 52.0 Å². The first-order valence-corrected chi connectivity index (χ1v) is 3.96. The van der Waals surface area contributed by atoms with E-state index in [-0.39, 0.29) is 0 Å². The molecule has 10 heavy (non-hydrogen) atoms. The Balaban J connectivity index is 2.31. The molecule has 4 N–H and O–H groups in total. The molecule has 1 rings (SSSR count). The van der Waals surface area contributed by atoms with Gasteiger partial charge in [-0.2, -0.15) is 0 Å². The van der Waals surface area contributed by atoms with Crippen molar-refractivity contribution in [1.29, 1.82) is 0 Å². The van der Waals surface area contributed by atoms with E-state index in [9.17, 15) is 0 Å². The van der Waals surface area contributed by atoms with Crippen molar-refractivity contribution in [1.82, 2.24) is 0 Å². The molecule has 2 heteroatoms. The fourth-order valence-corrected chi connectivity index (χ4v) is 1.45. The van der Waals surface area contributed by atoms with Gasteiger partial charge in [0.25, 0.3) is 0 Å². The summed E-state index contributed by atoms with van der Waals surface area (Å²) in [5, 5.41) is 0. The molecule has 0 unspecified atom stereocenters. The van der Waals surface area contributed by atoms with Gasteiger partial charge in [0.2, 0.25) is 0 Å². The van der Waals surface area contributed by atoms with Gasteiger partial charge in [-0.15, -0.1) is 0 Å². The lowest BCUT2D eigenvalue weighted by atomic mass is 9.86. The molecule has 1 fully saturated rings. The number of allylic oxidation sites excluding steroid dienone is 1. The fourth-order valence-electron chi connectivity index (χ4n) is 1.45. The second-order valence-electron chi connectivity index (χ2n) is 3.00. The van der Waals surface area contributed by atoms with Crippen LogP contribution in [0.25, 0.3) is 0 Å². The Bertz CT molecular complexity index is 119. The van der Waals surface area contributed by atoms with Crippen molar-refractivity contribution in [2.75, 3.05) is 6.54 Å². The van der Waals surface area contributed by atoms with Gasteiger partial charge in [0, 0.05) is 0 Å². The molecule has 0 bridgehead atoms. The van der Waals surface area contributed by atoms with Gasteiger partial charge in [0.1, 0.15) is 0 Å². The molecule has 1 aliphatic carbocycles. The molecule has 0 aliphatic heterocycles. The summed E-state index contributed by atoms with van der Waals surface area (Å²) >= 11 is 0. The first kappa shape index (κ1) is 7.61. The van der Waals surface area contributed by atoms with Crippen molar-refractivity contribution in [2.45, 2.75) is 25.7 Å². The summed E-state index contributed by atoms with van der Waals surface area (Å²) in [6.07, 6.45) is 6.56. The molecular formula is C8H16N2. The van der Waals surface area contributed by atoms with Gasteiger partial charge >= 0.3 is 0 Å². The van der Waals surface area contributed by atoms with Crippen LogP contribution in [0.1, 0.15) is 25.7 Å². The van der Waals surface area contributed by atoms with Crippen molar-refractivity contribution in [3.05, 3.63) is 11.8 Å². The maximum absolute atomic E-state index is 5.54. The van der Waals surface area contributed by atoms with Crippen LogP contribution in [0, 0.1) is 5.92 Å². The molecular weight excluding hydrogens is 124 g/mol. The molecule has 58 valence electrons. The minimum Gasteiger partial charge on any atom is -0.405 e. The summed E-state index contributed by atoms with van der Waals surface area (Å²) in [7, 11) is 0. The third-order valence-electron chi connectivity index (χ3n) is 2.32. The molecule has 0 radical (unpaired) electrons. The number of rotatable bonds is 1. The highest BCUT2D eigenvalue weighted by Gasteiger charge is 2.13. The predicted octanol–water partition coefficient (Wildman–Crippen LogP) is 0.978. The van der Waals surface area contributed by atoms with E-state index < -0.39 is 0 Å². The first-order valence-electron chi connectivity index (χ1n) is 3.96. The minimum absolute atomic E-state index is 0.753. The Hall–Kier alpha value is -0.500. The van der Waals surface area contributed by atoms with Crippen LogP contribution in [-0.4, -0.2) is 6.54 Å². The highest BCUT2D eigenvalue weighted by atomic mass is 14.6. The van der Waals surface area contributed by atoms with Gasteiger partial charge < -0.3 is 11.5 Å². The van der Waals surface area contributed by atoms with E-state index in [1.165, 1.54) is 31.3 Å². The zero-order chi connectivity index (χ0) is 7.40. The van der Waals surface area contributed by atoms with Gasteiger partial charge in [0.05, 0.1) is 0 Å². The van der Waals surface area contributed by atoms with Crippen LogP contribution in [0.3, 0.4) is 0 Å². The third-order valence-corrected chi connectivity index (χ3v) is 2.32. The molecule has 1 aliphatic rings.